The Balaban J connectivity index is 1.63. The van der Waals surface area contributed by atoms with E-state index >= 15 is 0 Å². The Kier molecular flexibility index (Phi) is 8.66. The molecule has 0 amide bonds. The lowest BCUT2D eigenvalue weighted by molar-refractivity contribution is -0.116. The second kappa shape index (κ2) is 12.4. The van der Waals surface area contributed by atoms with E-state index in [1.165, 1.54) is 6.92 Å². The highest BCUT2D eigenvalue weighted by Crippen LogP contribution is 2.57. The van der Waals surface area contributed by atoms with Crippen molar-refractivity contribution < 1.29 is 29.3 Å². The number of aliphatic hydroxyl groups excluding tert-OH is 2. The molecule has 1 aliphatic rings. The lowest BCUT2D eigenvalue weighted by atomic mass is 9.67. The molecule has 0 heterocycles. The summed E-state index contributed by atoms with van der Waals surface area (Å²) >= 11 is 7.37. The molecule has 0 aromatic heterocycles. The number of carbonyl (C=O) groups excluding carboxylic acids is 2. The van der Waals surface area contributed by atoms with Gasteiger partial charge in [-0.3, -0.25) is 9.59 Å². The van der Waals surface area contributed by atoms with Gasteiger partial charge >= 0.3 is 0 Å². The van der Waals surface area contributed by atoms with Gasteiger partial charge in [0.1, 0.15) is 23.9 Å². The van der Waals surface area contributed by atoms with Crippen molar-refractivity contribution >= 4 is 43.4 Å². The van der Waals surface area contributed by atoms with Gasteiger partial charge in [-0.15, -0.1) is 0 Å². The number of ether oxygens (including phenoxy) is 2. The average molecular weight is 690 g/mol. The van der Waals surface area contributed by atoms with Gasteiger partial charge in [-0.05, 0) is 88.8 Å². The van der Waals surface area contributed by atoms with Gasteiger partial charge in [-0.25, -0.2) is 0 Å². The Hall–Kier alpha value is -4.14. The minimum absolute atomic E-state index is 0.117. The van der Waals surface area contributed by atoms with Crippen LogP contribution in [-0.4, -0.2) is 35.0 Å². The summed E-state index contributed by atoms with van der Waals surface area (Å²) in [6.45, 7) is 1.06. The lowest BCUT2D eigenvalue weighted by Gasteiger charge is -2.34. The molecule has 0 spiro atoms. The highest BCUT2D eigenvalue weighted by Gasteiger charge is 2.46. The molecule has 42 heavy (non-hydrogen) atoms. The van der Waals surface area contributed by atoms with Gasteiger partial charge in [0, 0.05) is 21.1 Å². The summed E-state index contributed by atoms with van der Waals surface area (Å²) in [6.07, 6.45) is 2.89. The standard InChI is InChI=1S/C34H26Br2O6/c1-21(38)16-27(40)20-42-29-10-4-23(5-11-29)34(22-2-8-28(9-3-22)41-19-26(39)14-15-37)32-17-24(35)6-12-30(32)31-13-7-25(36)18-33(31)34/h2-18,37,40H,19-20H2,1H3/b15-14-,27-16?. The highest BCUT2D eigenvalue weighted by molar-refractivity contribution is 9.10. The Morgan fingerprint density at radius 3 is 1.69 bits per heavy atom. The molecule has 0 unspecified atom stereocenters. The van der Waals surface area contributed by atoms with E-state index in [0.717, 1.165) is 54.5 Å². The van der Waals surface area contributed by atoms with Crippen molar-refractivity contribution in [2.45, 2.75) is 12.3 Å². The molecule has 0 aliphatic heterocycles. The van der Waals surface area contributed by atoms with Crippen LogP contribution in [0, 0.1) is 0 Å². The van der Waals surface area contributed by atoms with Crippen LogP contribution in [0.2, 0.25) is 0 Å². The summed E-state index contributed by atoms with van der Waals surface area (Å²) < 4.78 is 13.3. The smallest absolute Gasteiger partial charge is 0.196 e. The van der Waals surface area contributed by atoms with Gasteiger partial charge in [-0.2, -0.15) is 0 Å². The second-order valence-corrected chi connectivity index (χ2v) is 11.6. The fourth-order valence-corrected chi connectivity index (χ4v) is 6.10. The number of hydrogen-bond acceptors (Lipinski definition) is 6. The number of fused-ring (bicyclic) bond motifs is 3. The number of halogens is 2. The number of aliphatic hydroxyl groups is 2. The molecule has 8 heteroatoms. The molecular weight excluding hydrogens is 664 g/mol. The van der Waals surface area contributed by atoms with Gasteiger partial charge < -0.3 is 19.7 Å². The third-order valence-electron chi connectivity index (χ3n) is 7.03. The number of ketones is 2. The molecule has 0 radical (unpaired) electrons. The van der Waals surface area contributed by atoms with E-state index in [4.69, 9.17) is 14.6 Å². The molecule has 6 nitrogen and oxygen atoms in total. The molecule has 4 aromatic carbocycles. The highest BCUT2D eigenvalue weighted by atomic mass is 79.9. The molecule has 0 saturated carbocycles. The summed E-state index contributed by atoms with van der Waals surface area (Å²) in [5.74, 6) is 0.322. The zero-order valence-electron chi connectivity index (χ0n) is 22.5. The SMILES string of the molecule is CC(=O)C=C(O)COc1ccc(C2(c3ccc(OCC(=O)/C=C\O)cc3)c3cc(Br)ccc3-c3ccc(Br)cc32)cc1. The summed E-state index contributed by atoms with van der Waals surface area (Å²) in [5.41, 5.74) is 5.69. The first-order valence-electron chi connectivity index (χ1n) is 13.0. The van der Waals surface area contributed by atoms with Crippen LogP contribution in [0.15, 0.2) is 118 Å². The third-order valence-corrected chi connectivity index (χ3v) is 8.02. The van der Waals surface area contributed by atoms with Crippen LogP contribution < -0.4 is 9.47 Å². The summed E-state index contributed by atoms with van der Waals surface area (Å²) in [5, 5.41) is 18.8. The van der Waals surface area contributed by atoms with E-state index in [9.17, 15) is 14.7 Å². The van der Waals surface area contributed by atoms with E-state index in [2.05, 4.69) is 56.1 Å². The first-order valence-corrected chi connectivity index (χ1v) is 14.6. The fourth-order valence-electron chi connectivity index (χ4n) is 5.38. The van der Waals surface area contributed by atoms with Crippen molar-refractivity contribution in [3.8, 4) is 22.6 Å². The first kappa shape index (κ1) is 29.4. The Labute approximate surface area is 260 Å². The van der Waals surface area contributed by atoms with Crippen LogP contribution in [0.25, 0.3) is 11.1 Å². The first-order chi connectivity index (χ1) is 20.2. The monoisotopic (exact) mass is 688 g/mol. The van der Waals surface area contributed by atoms with Crippen LogP contribution in [0.5, 0.6) is 11.5 Å². The number of benzene rings is 4. The Morgan fingerprint density at radius 2 is 1.24 bits per heavy atom. The van der Waals surface area contributed by atoms with E-state index in [0.29, 0.717) is 17.8 Å². The quantitative estimate of drug-likeness (QED) is 0.114. The molecule has 4 aromatic rings. The van der Waals surface area contributed by atoms with Crippen LogP contribution >= 0.6 is 31.9 Å². The molecule has 0 fully saturated rings. The second-order valence-electron chi connectivity index (χ2n) is 9.78. The van der Waals surface area contributed by atoms with Crippen LogP contribution in [0.3, 0.4) is 0 Å². The van der Waals surface area contributed by atoms with Gasteiger partial charge in [0.25, 0.3) is 0 Å². The summed E-state index contributed by atoms with van der Waals surface area (Å²) in [4.78, 5) is 23.1. The maximum absolute atomic E-state index is 11.8. The van der Waals surface area contributed by atoms with Crippen molar-refractivity contribution in [2.75, 3.05) is 13.2 Å². The van der Waals surface area contributed by atoms with Gasteiger partial charge in [0.15, 0.2) is 18.2 Å². The predicted octanol–water partition coefficient (Wildman–Crippen LogP) is 8.00. The van der Waals surface area contributed by atoms with Crippen molar-refractivity contribution in [3.63, 3.8) is 0 Å². The largest absolute Gasteiger partial charge is 0.515 e. The topological polar surface area (TPSA) is 93.1 Å². The normalized spacial score (nSPS) is 13.5. The predicted molar refractivity (Wildman–Crippen MR) is 168 cm³/mol. The zero-order valence-corrected chi connectivity index (χ0v) is 25.7. The average Bonchev–Trinajstić information content (AvgIpc) is 3.24. The fraction of sp³-hybridized carbons (Fsp3) is 0.118. The van der Waals surface area contributed by atoms with E-state index in [1.54, 1.807) is 0 Å². The zero-order chi connectivity index (χ0) is 29.9. The number of hydrogen-bond donors (Lipinski definition) is 2. The van der Waals surface area contributed by atoms with Crippen molar-refractivity contribution in [1.29, 1.82) is 0 Å². The van der Waals surface area contributed by atoms with Gasteiger partial charge in [0.05, 0.1) is 11.7 Å². The van der Waals surface area contributed by atoms with Crippen LogP contribution in [0.1, 0.15) is 29.2 Å². The van der Waals surface area contributed by atoms with Crippen LogP contribution in [0.4, 0.5) is 0 Å². The lowest BCUT2D eigenvalue weighted by Crippen LogP contribution is -2.28. The molecule has 1 aliphatic carbocycles. The van der Waals surface area contributed by atoms with E-state index in [1.807, 2.05) is 60.7 Å². The van der Waals surface area contributed by atoms with Gasteiger partial charge in [0.2, 0.25) is 0 Å². The van der Waals surface area contributed by atoms with Crippen molar-refractivity contribution in [1.82, 2.24) is 0 Å². The Bertz CT molecular complexity index is 1650. The maximum atomic E-state index is 11.8. The molecule has 0 atom stereocenters. The number of carbonyl (C=O) groups is 2. The van der Waals surface area contributed by atoms with Crippen molar-refractivity contribution in [3.05, 3.63) is 140 Å². The molecular formula is C34H26Br2O6. The minimum atomic E-state index is -0.707. The third kappa shape index (κ3) is 5.78. The molecule has 5 rings (SSSR count). The van der Waals surface area contributed by atoms with Crippen LogP contribution in [-0.2, 0) is 15.0 Å². The van der Waals surface area contributed by atoms with E-state index in [-0.39, 0.29) is 30.5 Å². The Morgan fingerprint density at radius 1 is 0.762 bits per heavy atom. The summed E-state index contributed by atoms with van der Waals surface area (Å²) in [6, 6.07) is 28.0. The molecule has 0 saturated heterocycles. The van der Waals surface area contributed by atoms with E-state index < -0.39 is 5.41 Å². The number of rotatable bonds is 10. The molecule has 212 valence electrons. The molecule has 2 N–H and O–H groups in total. The minimum Gasteiger partial charge on any atom is -0.515 e. The molecule has 0 bridgehead atoms. The maximum Gasteiger partial charge on any atom is 0.196 e. The summed E-state index contributed by atoms with van der Waals surface area (Å²) in [7, 11) is 0. The van der Waals surface area contributed by atoms with Crippen molar-refractivity contribution in [2.24, 2.45) is 0 Å². The number of allylic oxidation sites excluding steroid dienone is 1. The van der Waals surface area contributed by atoms with Gasteiger partial charge in [-0.1, -0.05) is 68.3 Å².